The molecule has 4 rings (SSSR count). The van der Waals surface area contributed by atoms with E-state index >= 15 is 0 Å². The quantitative estimate of drug-likeness (QED) is 0.716. The number of aromatic nitrogens is 1. The molecule has 3 aromatic rings. The predicted octanol–water partition coefficient (Wildman–Crippen LogP) is 3.75. The van der Waals surface area contributed by atoms with Gasteiger partial charge in [0.05, 0.1) is 0 Å². The van der Waals surface area contributed by atoms with Gasteiger partial charge in [-0.3, -0.25) is 4.79 Å². The van der Waals surface area contributed by atoms with Crippen LogP contribution < -0.4 is 4.74 Å². The number of nitrogens with zero attached hydrogens (tertiary/aromatic N) is 2. The van der Waals surface area contributed by atoms with Crippen LogP contribution in [0.3, 0.4) is 0 Å². The summed E-state index contributed by atoms with van der Waals surface area (Å²) in [6, 6.07) is 13.5. The number of amides is 1. The number of halogens is 1. The molecule has 5 nitrogen and oxygen atoms in total. The van der Waals surface area contributed by atoms with Gasteiger partial charge < -0.3 is 14.1 Å². The fourth-order valence-corrected chi connectivity index (χ4v) is 3.23. The number of likely N-dealkylation sites (tertiary alicyclic amines) is 1. The van der Waals surface area contributed by atoms with Gasteiger partial charge in [-0.2, -0.15) is 0 Å². The maximum absolute atomic E-state index is 13.1. The number of ether oxygens (including phenoxy) is 1. The fourth-order valence-electron chi connectivity index (χ4n) is 3.23. The number of rotatable bonds is 4. The normalized spacial score (nSPS) is 15.3. The van der Waals surface area contributed by atoms with Crippen molar-refractivity contribution in [2.24, 2.45) is 0 Å². The van der Waals surface area contributed by atoms with Crippen LogP contribution in [0.2, 0.25) is 0 Å². The average molecular weight is 354 g/mol. The first-order chi connectivity index (χ1) is 12.7. The molecule has 0 bridgehead atoms. The number of piperidine rings is 1. The number of hydrogen-bond donors (Lipinski definition) is 0. The molecule has 1 amide bonds. The molecule has 1 aliphatic heterocycles. The molecule has 0 spiro atoms. The molecule has 0 radical (unpaired) electrons. The standard InChI is InChI=1S/C20H19FN2O3/c21-15-4-3-5-16(12-15)25-13-19(24)23-10-8-14(9-11-23)20-22-17-6-1-2-7-18(17)26-20/h1-7,12,14H,8-11,13H2. The van der Waals surface area contributed by atoms with Crippen LogP contribution >= 0.6 is 0 Å². The molecule has 1 saturated heterocycles. The summed E-state index contributed by atoms with van der Waals surface area (Å²) in [6.07, 6.45) is 1.61. The van der Waals surface area contributed by atoms with Gasteiger partial charge in [-0.25, -0.2) is 9.37 Å². The maximum Gasteiger partial charge on any atom is 0.260 e. The summed E-state index contributed by atoms with van der Waals surface area (Å²) in [7, 11) is 0. The summed E-state index contributed by atoms with van der Waals surface area (Å²) in [5.41, 5.74) is 1.66. The SMILES string of the molecule is O=C(COc1cccc(F)c1)N1CCC(c2nc3ccccc3o2)CC1. The lowest BCUT2D eigenvalue weighted by atomic mass is 9.97. The summed E-state index contributed by atoms with van der Waals surface area (Å²) in [6.45, 7) is 1.18. The molecule has 0 aliphatic carbocycles. The second-order valence-electron chi connectivity index (χ2n) is 6.42. The minimum Gasteiger partial charge on any atom is -0.484 e. The second-order valence-corrected chi connectivity index (χ2v) is 6.42. The van der Waals surface area contributed by atoms with E-state index in [1.54, 1.807) is 17.0 Å². The van der Waals surface area contributed by atoms with E-state index in [1.165, 1.54) is 12.1 Å². The molecular weight excluding hydrogens is 335 g/mol. The second kappa shape index (κ2) is 7.15. The largest absolute Gasteiger partial charge is 0.484 e. The number of carbonyl (C=O) groups is 1. The number of fused-ring (bicyclic) bond motifs is 1. The van der Waals surface area contributed by atoms with Gasteiger partial charge in [0.25, 0.3) is 5.91 Å². The Balaban J connectivity index is 1.32. The van der Waals surface area contributed by atoms with E-state index in [2.05, 4.69) is 4.98 Å². The molecule has 6 heteroatoms. The van der Waals surface area contributed by atoms with Crippen LogP contribution in [0, 0.1) is 5.82 Å². The third-order valence-electron chi connectivity index (χ3n) is 4.67. The number of hydrogen-bond acceptors (Lipinski definition) is 4. The highest BCUT2D eigenvalue weighted by Crippen LogP contribution is 2.29. The van der Waals surface area contributed by atoms with E-state index in [0.29, 0.717) is 18.8 Å². The third kappa shape index (κ3) is 3.54. The van der Waals surface area contributed by atoms with Crippen LogP contribution in [0.4, 0.5) is 4.39 Å². The van der Waals surface area contributed by atoms with Crippen molar-refractivity contribution in [1.29, 1.82) is 0 Å². The molecule has 2 aromatic carbocycles. The summed E-state index contributed by atoms with van der Waals surface area (Å²) in [5.74, 6) is 0.851. The Morgan fingerprint density at radius 2 is 2.00 bits per heavy atom. The van der Waals surface area contributed by atoms with Crippen molar-refractivity contribution in [2.75, 3.05) is 19.7 Å². The van der Waals surface area contributed by atoms with Gasteiger partial charge in [0.15, 0.2) is 18.1 Å². The topological polar surface area (TPSA) is 55.6 Å². The van der Waals surface area contributed by atoms with Gasteiger partial charge in [0.1, 0.15) is 17.1 Å². The molecule has 0 saturated carbocycles. The van der Waals surface area contributed by atoms with E-state index in [4.69, 9.17) is 9.15 Å². The molecule has 0 unspecified atom stereocenters. The first-order valence-corrected chi connectivity index (χ1v) is 8.70. The van der Waals surface area contributed by atoms with Crippen molar-refractivity contribution in [3.8, 4) is 5.75 Å². The number of oxazole rings is 1. The van der Waals surface area contributed by atoms with Gasteiger partial charge in [0, 0.05) is 25.1 Å². The highest BCUT2D eigenvalue weighted by molar-refractivity contribution is 5.78. The highest BCUT2D eigenvalue weighted by atomic mass is 19.1. The zero-order valence-electron chi connectivity index (χ0n) is 14.2. The molecule has 26 heavy (non-hydrogen) atoms. The lowest BCUT2D eigenvalue weighted by molar-refractivity contribution is -0.134. The van der Waals surface area contributed by atoms with Crippen molar-refractivity contribution in [1.82, 2.24) is 9.88 Å². The van der Waals surface area contributed by atoms with Crippen LogP contribution in [-0.4, -0.2) is 35.5 Å². The molecule has 0 N–H and O–H groups in total. The van der Waals surface area contributed by atoms with Crippen LogP contribution in [-0.2, 0) is 4.79 Å². The van der Waals surface area contributed by atoms with Crippen LogP contribution in [0.5, 0.6) is 5.75 Å². The van der Waals surface area contributed by atoms with Crippen LogP contribution in [0.15, 0.2) is 52.9 Å². The lowest BCUT2D eigenvalue weighted by Crippen LogP contribution is -2.40. The van der Waals surface area contributed by atoms with Gasteiger partial charge >= 0.3 is 0 Å². The maximum atomic E-state index is 13.1. The Bertz CT molecular complexity index is 883. The minimum absolute atomic E-state index is 0.0863. The van der Waals surface area contributed by atoms with Crippen molar-refractivity contribution < 1.29 is 18.3 Å². The van der Waals surface area contributed by atoms with Gasteiger partial charge in [-0.15, -0.1) is 0 Å². The first-order valence-electron chi connectivity index (χ1n) is 8.70. The summed E-state index contributed by atoms with van der Waals surface area (Å²) < 4.78 is 24.4. The number of para-hydroxylation sites is 2. The zero-order valence-corrected chi connectivity index (χ0v) is 14.2. The Morgan fingerprint density at radius 3 is 2.77 bits per heavy atom. The number of carbonyl (C=O) groups excluding carboxylic acids is 1. The Morgan fingerprint density at radius 1 is 1.19 bits per heavy atom. The van der Waals surface area contributed by atoms with Crippen LogP contribution in [0.1, 0.15) is 24.7 Å². The minimum atomic E-state index is -0.380. The predicted molar refractivity (Wildman–Crippen MR) is 94.5 cm³/mol. The summed E-state index contributed by atoms with van der Waals surface area (Å²) >= 11 is 0. The molecular formula is C20H19FN2O3. The monoisotopic (exact) mass is 354 g/mol. The van der Waals surface area contributed by atoms with Gasteiger partial charge in [0.2, 0.25) is 0 Å². The van der Waals surface area contributed by atoms with E-state index < -0.39 is 0 Å². The fraction of sp³-hybridized carbons (Fsp3) is 0.300. The lowest BCUT2D eigenvalue weighted by Gasteiger charge is -2.30. The number of benzene rings is 2. The molecule has 134 valence electrons. The Labute approximate surface area is 150 Å². The Kier molecular flexibility index (Phi) is 4.56. The van der Waals surface area contributed by atoms with Crippen LogP contribution in [0.25, 0.3) is 11.1 Å². The van der Waals surface area contributed by atoms with E-state index in [9.17, 15) is 9.18 Å². The molecule has 2 heterocycles. The van der Waals surface area contributed by atoms with E-state index in [1.807, 2.05) is 24.3 Å². The zero-order chi connectivity index (χ0) is 17.9. The Hall–Kier alpha value is -2.89. The van der Waals surface area contributed by atoms with Crippen molar-refractivity contribution in [2.45, 2.75) is 18.8 Å². The van der Waals surface area contributed by atoms with Crippen molar-refractivity contribution in [3.63, 3.8) is 0 Å². The van der Waals surface area contributed by atoms with Gasteiger partial charge in [-0.1, -0.05) is 18.2 Å². The summed E-state index contributed by atoms with van der Waals surface area (Å²) in [5, 5.41) is 0. The highest BCUT2D eigenvalue weighted by Gasteiger charge is 2.27. The smallest absolute Gasteiger partial charge is 0.260 e. The van der Waals surface area contributed by atoms with Crippen molar-refractivity contribution in [3.05, 3.63) is 60.2 Å². The summed E-state index contributed by atoms with van der Waals surface area (Å²) in [4.78, 5) is 18.6. The van der Waals surface area contributed by atoms with Gasteiger partial charge in [-0.05, 0) is 37.1 Å². The average Bonchev–Trinajstić information content (AvgIpc) is 3.10. The van der Waals surface area contributed by atoms with Crippen molar-refractivity contribution >= 4 is 17.0 Å². The molecule has 1 aliphatic rings. The molecule has 0 atom stereocenters. The molecule has 1 fully saturated rings. The first kappa shape index (κ1) is 16.6. The van der Waals surface area contributed by atoms with E-state index in [-0.39, 0.29) is 24.2 Å². The third-order valence-corrected chi connectivity index (χ3v) is 4.67. The van der Waals surface area contributed by atoms with E-state index in [0.717, 1.165) is 29.8 Å². The molecule has 1 aromatic heterocycles.